The molecule has 6 nitrogen and oxygen atoms in total. The van der Waals surface area contributed by atoms with Gasteiger partial charge in [-0.2, -0.15) is 0 Å². The van der Waals surface area contributed by atoms with Crippen LogP contribution in [-0.2, 0) is 28.5 Å². The molecule has 0 aromatic rings. The molecule has 3 rings (SSSR count). The second kappa shape index (κ2) is 5.35. The van der Waals surface area contributed by atoms with Gasteiger partial charge in [-0.1, -0.05) is 19.9 Å². The number of hydrogen-bond donors (Lipinski definition) is 0. The Balaban J connectivity index is 1.75. The predicted octanol–water partition coefficient (Wildman–Crippen LogP) is 1.53. The van der Waals surface area contributed by atoms with E-state index in [2.05, 4.69) is 13.5 Å². The number of carbonyl (C=O) groups is 1. The summed E-state index contributed by atoms with van der Waals surface area (Å²) < 4.78 is 28.6. The summed E-state index contributed by atoms with van der Waals surface area (Å²) in [6.45, 7) is 10.0. The molecule has 0 bridgehead atoms. The summed E-state index contributed by atoms with van der Waals surface area (Å²) >= 11 is 0. The molecule has 0 N–H and O–H groups in total. The van der Waals surface area contributed by atoms with E-state index in [1.54, 1.807) is 0 Å². The number of ether oxygens (including phenoxy) is 5. The highest BCUT2D eigenvalue weighted by atomic mass is 16.8. The maximum atomic E-state index is 12.0. The lowest BCUT2D eigenvalue weighted by molar-refractivity contribution is -0.235. The average Bonchev–Trinajstić information content (AvgIpc) is 2.87. The smallest absolute Gasteiger partial charge is 0.336 e. The van der Waals surface area contributed by atoms with Crippen LogP contribution in [0, 0.1) is 0 Å². The lowest BCUT2D eigenvalue weighted by atomic mass is 9.96. The molecule has 3 aliphatic heterocycles. The lowest BCUT2D eigenvalue weighted by Crippen LogP contribution is -2.51. The predicted molar refractivity (Wildman–Crippen MR) is 72.4 cm³/mol. The first-order valence-corrected chi connectivity index (χ1v) is 7.45. The number of hydrogen-bond acceptors (Lipinski definition) is 6. The Bertz CT molecular complexity index is 445. The number of fused-ring (bicyclic) bond motifs is 3. The highest BCUT2D eigenvalue weighted by Crippen LogP contribution is 2.43. The first-order valence-electron chi connectivity index (χ1n) is 7.45. The summed E-state index contributed by atoms with van der Waals surface area (Å²) in [5.41, 5.74) is 0.298. The fourth-order valence-electron chi connectivity index (χ4n) is 2.95. The van der Waals surface area contributed by atoms with Crippen molar-refractivity contribution >= 4 is 5.97 Å². The molecule has 0 unspecified atom stereocenters. The molecule has 118 valence electrons. The van der Waals surface area contributed by atoms with E-state index in [1.807, 2.05) is 13.8 Å². The molecule has 3 saturated heterocycles. The van der Waals surface area contributed by atoms with Gasteiger partial charge in [0.2, 0.25) is 0 Å². The molecule has 0 radical (unpaired) electrons. The van der Waals surface area contributed by atoms with Gasteiger partial charge in [-0.25, -0.2) is 4.79 Å². The fourth-order valence-corrected chi connectivity index (χ4v) is 2.95. The van der Waals surface area contributed by atoms with Crippen LogP contribution in [0.25, 0.3) is 0 Å². The summed E-state index contributed by atoms with van der Waals surface area (Å²) in [6.07, 6.45) is -0.443. The van der Waals surface area contributed by atoms with Gasteiger partial charge in [0, 0.05) is 6.61 Å². The van der Waals surface area contributed by atoms with Gasteiger partial charge < -0.3 is 23.7 Å². The zero-order valence-corrected chi connectivity index (χ0v) is 12.7. The zero-order valence-electron chi connectivity index (χ0n) is 12.7. The van der Waals surface area contributed by atoms with Gasteiger partial charge in [-0.05, 0) is 20.3 Å². The Morgan fingerprint density at radius 1 is 1.24 bits per heavy atom. The van der Waals surface area contributed by atoms with Crippen LogP contribution >= 0.6 is 0 Å². The topological polar surface area (TPSA) is 63.2 Å². The SMILES string of the molecule is C=C1C(=O)O[C@@H]2[C@H]3OC(C)(C)O[C@H]3O[C@@H]2[C@@H]1OCCCC. The monoisotopic (exact) mass is 298 g/mol. The van der Waals surface area contributed by atoms with E-state index < -0.39 is 42.5 Å². The third kappa shape index (κ3) is 2.61. The van der Waals surface area contributed by atoms with E-state index in [9.17, 15) is 4.79 Å². The first kappa shape index (κ1) is 15.0. The summed E-state index contributed by atoms with van der Waals surface area (Å²) in [5.74, 6) is -1.19. The van der Waals surface area contributed by atoms with Gasteiger partial charge in [-0.3, -0.25) is 0 Å². The van der Waals surface area contributed by atoms with Crippen LogP contribution in [0.2, 0.25) is 0 Å². The highest BCUT2D eigenvalue weighted by Gasteiger charge is 2.61. The quantitative estimate of drug-likeness (QED) is 0.445. The van der Waals surface area contributed by atoms with Gasteiger partial charge in [0.25, 0.3) is 0 Å². The Labute approximate surface area is 124 Å². The minimum absolute atomic E-state index is 0.298. The average molecular weight is 298 g/mol. The maximum Gasteiger partial charge on any atom is 0.336 e. The second-order valence-corrected chi connectivity index (χ2v) is 6.11. The Kier molecular flexibility index (Phi) is 3.81. The molecule has 0 amide bonds. The molecular formula is C15H22O6. The highest BCUT2D eigenvalue weighted by molar-refractivity contribution is 5.90. The summed E-state index contributed by atoms with van der Waals surface area (Å²) in [6, 6.07) is 0. The van der Waals surface area contributed by atoms with Crippen LogP contribution < -0.4 is 0 Å². The van der Waals surface area contributed by atoms with Crippen molar-refractivity contribution in [2.24, 2.45) is 0 Å². The van der Waals surface area contributed by atoms with Crippen LogP contribution in [0.4, 0.5) is 0 Å². The molecule has 0 aromatic heterocycles. The van der Waals surface area contributed by atoms with Crippen molar-refractivity contribution in [2.75, 3.05) is 6.61 Å². The Morgan fingerprint density at radius 3 is 2.71 bits per heavy atom. The fraction of sp³-hybridized carbons (Fsp3) is 0.800. The van der Waals surface area contributed by atoms with E-state index in [4.69, 9.17) is 23.7 Å². The van der Waals surface area contributed by atoms with E-state index in [0.29, 0.717) is 12.2 Å². The van der Waals surface area contributed by atoms with Gasteiger partial charge in [0.05, 0.1) is 5.57 Å². The first-order chi connectivity index (χ1) is 9.93. The zero-order chi connectivity index (χ0) is 15.2. The van der Waals surface area contributed by atoms with Crippen LogP contribution in [-0.4, -0.2) is 49.1 Å². The van der Waals surface area contributed by atoms with Crippen LogP contribution in [0.5, 0.6) is 0 Å². The van der Waals surface area contributed by atoms with E-state index in [1.165, 1.54) is 0 Å². The molecular weight excluding hydrogens is 276 g/mol. The number of carbonyl (C=O) groups excluding carboxylic acids is 1. The molecule has 3 aliphatic rings. The Hall–Kier alpha value is -0.950. The molecule has 3 heterocycles. The van der Waals surface area contributed by atoms with Gasteiger partial charge in [0.1, 0.15) is 12.2 Å². The molecule has 0 aromatic carbocycles. The van der Waals surface area contributed by atoms with Crippen molar-refractivity contribution in [1.82, 2.24) is 0 Å². The van der Waals surface area contributed by atoms with E-state index >= 15 is 0 Å². The van der Waals surface area contributed by atoms with Crippen molar-refractivity contribution in [1.29, 1.82) is 0 Å². The second-order valence-electron chi connectivity index (χ2n) is 6.11. The largest absolute Gasteiger partial charge is 0.453 e. The lowest BCUT2D eigenvalue weighted by Gasteiger charge is -2.35. The van der Waals surface area contributed by atoms with Crippen molar-refractivity contribution in [2.45, 2.75) is 70.1 Å². The van der Waals surface area contributed by atoms with Crippen LogP contribution in [0.3, 0.4) is 0 Å². The van der Waals surface area contributed by atoms with Crippen LogP contribution in [0.15, 0.2) is 12.2 Å². The molecule has 3 fully saturated rings. The van der Waals surface area contributed by atoms with Crippen molar-refractivity contribution in [3.63, 3.8) is 0 Å². The summed E-state index contributed by atoms with van der Waals surface area (Å²) in [5, 5.41) is 0. The summed E-state index contributed by atoms with van der Waals surface area (Å²) in [7, 11) is 0. The Morgan fingerprint density at radius 2 is 2.00 bits per heavy atom. The molecule has 0 spiro atoms. The molecule has 6 heteroatoms. The number of rotatable bonds is 4. The van der Waals surface area contributed by atoms with Crippen molar-refractivity contribution < 1.29 is 28.5 Å². The molecule has 0 aliphatic carbocycles. The molecule has 21 heavy (non-hydrogen) atoms. The minimum Gasteiger partial charge on any atom is -0.453 e. The van der Waals surface area contributed by atoms with E-state index in [-0.39, 0.29) is 0 Å². The normalized spacial score (nSPS) is 40.8. The van der Waals surface area contributed by atoms with Gasteiger partial charge in [0.15, 0.2) is 24.3 Å². The third-order valence-corrected chi connectivity index (χ3v) is 3.97. The summed E-state index contributed by atoms with van der Waals surface area (Å²) in [4.78, 5) is 12.0. The maximum absolute atomic E-state index is 12.0. The number of esters is 1. The van der Waals surface area contributed by atoms with E-state index in [0.717, 1.165) is 12.8 Å². The molecule has 5 atom stereocenters. The standard InChI is InChI=1S/C15H22O6/c1-5-6-7-17-9-8(2)13(16)18-11-10(9)19-14-12(11)20-15(3,4)21-14/h9-12,14H,2,5-7H2,1,3-4H3/t9-,10-,11+,12-,14-/m1/s1. The minimum atomic E-state index is -0.736. The molecule has 0 saturated carbocycles. The van der Waals surface area contributed by atoms with Crippen molar-refractivity contribution in [3.05, 3.63) is 12.2 Å². The van der Waals surface area contributed by atoms with Gasteiger partial charge in [-0.15, -0.1) is 0 Å². The van der Waals surface area contributed by atoms with Gasteiger partial charge >= 0.3 is 5.97 Å². The third-order valence-electron chi connectivity index (χ3n) is 3.97. The van der Waals surface area contributed by atoms with Crippen LogP contribution in [0.1, 0.15) is 33.6 Å². The van der Waals surface area contributed by atoms with Crippen molar-refractivity contribution in [3.8, 4) is 0 Å². The number of unbranched alkanes of at least 4 members (excludes halogenated alkanes) is 1.